The predicted molar refractivity (Wildman–Crippen MR) is 92.0 cm³/mol. The maximum atomic E-state index is 12.3. The topological polar surface area (TPSA) is 94.4 Å². The van der Waals surface area contributed by atoms with Gasteiger partial charge in [0, 0.05) is 17.2 Å². The number of methoxy groups -OCH3 is 1. The summed E-state index contributed by atoms with van der Waals surface area (Å²) in [5.74, 6) is 0.265. The molecule has 0 radical (unpaired) electrons. The zero-order valence-corrected chi connectivity index (χ0v) is 13.7. The van der Waals surface area contributed by atoms with Crippen LogP contribution in [0.25, 0.3) is 10.2 Å². The first kappa shape index (κ1) is 15.9. The fourth-order valence-corrected chi connectivity index (χ4v) is 3.19. The number of para-hydroxylation sites is 1. The lowest BCUT2D eigenvalue weighted by Gasteiger charge is -2.03. The lowest BCUT2D eigenvalue weighted by Crippen LogP contribution is -2.12. The molecule has 3 rings (SSSR count). The molecule has 0 saturated carbocycles. The number of hydrogen-bond acceptors (Lipinski definition) is 6. The first-order valence-corrected chi connectivity index (χ1v) is 7.81. The SMILES string of the molecule is COc1cccc2sc(NC(=O)c3ccc([N+](=O)[O-])c(C)c3)nc12. The number of nitro groups is 1. The summed E-state index contributed by atoms with van der Waals surface area (Å²) in [4.78, 5) is 27.1. The van der Waals surface area contributed by atoms with Crippen LogP contribution in [-0.2, 0) is 0 Å². The summed E-state index contributed by atoms with van der Waals surface area (Å²) in [5.41, 5.74) is 1.43. The highest BCUT2D eigenvalue weighted by Gasteiger charge is 2.16. The lowest BCUT2D eigenvalue weighted by molar-refractivity contribution is -0.385. The minimum absolute atomic E-state index is 0.0173. The van der Waals surface area contributed by atoms with Gasteiger partial charge in [-0.2, -0.15) is 0 Å². The summed E-state index contributed by atoms with van der Waals surface area (Å²) in [6, 6.07) is 9.78. The van der Waals surface area contributed by atoms with Crippen molar-refractivity contribution in [2.45, 2.75) is 6.92 Å². The summed E-state index contributed by atoms with van der Waals surface area (Å²) in [7, 11) is 1.56. The first-order chi connectivity index (χ1) is 11.5. The highest BCUT2D eigenvalue weighted by atomic mass is 32.1. The normalized spacial score (nSPS) is 10.6. The third-order valence-corrected chi connectivity index (χ3v) is 4.41. The molecule has 0 aliphatic rings. The molecule has 7 nitrogen and oxygen atoms in total. The Bertz CT molecular complexity index is 952. The van der Waals surface area contributed by atoms with Gasteiger partial charge >= 0.3 is 0 Å². The third kappa shape index (κ3) is 2.91. The number of nitrogens with zero attached hydrogens (tertiary/aromatic N) is 2. The second-order valence-electron chi connectivity index (χ2n) is 5.04. The summed E-state index contributed by atoms with van der Waals surface area (Å²) < 4.78 is 6.14. The number of nitro benzene ring substituents is 1. The van der Waals surface area contributed by atoms with Gasteiger partial charge in [-0.25, -0.2) is 4.98 Å². The maximum absolute atomic E-state index is 12.3. The van der Waals surface area contributed by atoms with E-state index in [0.29, 0.717) is 27.5 Å². The van der Waals surface area contributed by atoms with Crippen molar-refractivity contribution in [1.29, 1.82) is 0 Å². The smallest absolute Gasteiger partial charge is 0.272 e. The van der Waals surface area contributed by atoms with Crippen LogP contribution in [0, 0.1) is 17.0 Å². The number of anilines is 1. The number of aryl methyl sites for hydroxylation is 1. The molecule has 0 atom stereocenters. The summed E-state index contributed by atoms with van der Waals surface area (Å²) in [6.45, 7) is 1.59. The summed E-state index contributed by atoms with van der Waals surface area (Å²) >= 11 is 1.33. The molecule has 0 unspecified atom stereocenters. The Kier molecular flexibility index (Phi) is 4.13. The van der Waals surface area contributed by atoms with Gasteiger partial charge in [-0.1, -0.05) is 17.4 Å². The number of amides is 1. The molecule has 0 fully saturated rings. The quantitative estimate of drug-likeness (QED) is 0.575. The van der Waals surface area contributed by atoms with Crippen LogP contribution in [-0.4, -0.2) is 22.9 Å². The van der Waals surface area contributed by atoms with Gasteiger partial charge in [-0.3, -0.25) is 20.2 Å². The Morgan fingerprint density at radius 2 is 2.12 bits per heavy atom. The van der Waals surface area contributed by atoms with E-state index in [2.05, 4.69) is 10.3 Å². The van der Waals surface area contributed by atoms with Gasteiger partial charge in [-0.05, 0) is 31.2 Å². The highest BCUT2D eigenvalue weighted by molar-refractivity contribution is 7.22. The molecule has 0 aliphatic heterocycles. The van der Waals surface area contributed by atoms with E-state index in [1.165, 1.54) is 29.5 Å². The molecule has 1 amide bonds. The summed E-state index contributed by atoms with van der Waals surface area (Å²) in [6.07, 6.45) is 0. The number of hydrogen-bond donors (Lipinski definition) is 1. The minimum Gasteiger partial charge on any atom is -0.494 e. The Balaban J connectivity index is 1.87. The zero-order valence-electron chi connectivity index (χ0n) is 12.9. The number of benzene rings is 2. The van der Waals surface area contributed by atoms with Crippen molar-refractivity contribution in [3.05, 3.63) is 57.6 Å². The van der Waals surface area contributed by atoms with E-state index in [4.69, 9.17) is 4.74 Å². The van der Waals surface area contributed by atoms with Gasteiger partial charge in [0.05, 0.1) is 16.7 Å². The van der Waals surface area contributed by atoms with Gasteiger partial charge < -0.3 is 4.74 Å². The largest absolute Gasteiger partial charge is 0.494 e. The average Bonchev–Trinajstić information content (AvgIpc) is 2.96. The first-order valence-electron chi connectivity index (χ1n) is 6.99. The van der Waals surface area contributed by atoms with Crippen molar-refractivity contribution in [2.75, 3.05) is 12.4 Å². The standard InChI is InChI=1S/C16H13N3O4S/c1-9-8-10(6-7-11(9)19(21)22)15(20)18-16-17-14-12(23-2)4-3-5-13(14)24-16/h3-8H,1-2H3,(H,17,18,20). The van der Waals surface area contributed by atoms with E-state index in [1.54, 1.807) is 20.1 Å². The van der Waals surface area contributed by atoms with E-state index in [-0.39, 0.29) is 11.6 Å². The molecule has 122 valence electrons. The van der Waals surface area contributed by atoms with E-state index < -0.39 is 4.92 Å². The number of ether oxygens (including phenoxy) is 1. The van der Waals surface area contributed by atoms with E-state index in [0.717, 1.165) is 4.70 Å². The van der Waals surface area contributed by atoms with Gasteiger partial charge in [0.1, 0.15) is 11.3 Å². The van der Waals surface area contributed by atoms with Crippen molar-refractivity contribution in [1.82, 2.24) is 4.98 Å². The maximum Gasteiger partial charge on any atom is 0.272 e. The molecule has 0 aliphatic carbocycles. The van der Waals surface area contributed by atoms with E-state index in [9.17, 15) is 14.9 Å². The van der Waals surface area contributed by atoms with Crippen LogP contribution in [0.2, 0.25) is 0 Å². The van der Waals surface area contributed by atoms with E-state index in [1.807, 2.05) is 12.1 Å². The van der Waals surface area contributed by atoms with Gasteiger partial charge in [-0.15, -0.1) is 0 Å². The molecule has 24 heavy (non-hydrogen) atoms. The van der Waals surface area contributed by atoms with Gasteiger partial charge in [0.25, 0.3) is 11.6 Å². The van der Waals surface area contributed by atoms with Crippen molar-refractivity contribution in [3.8, 4) is 5.75 Å². The number of carbonyl (C=O) groups is 1. The predicted octanol–water partition coefficient (Wildman–Crippen LogP) is 3.77. The second kappa shape index (κ2) is 6.25. The van der Waals surface area contributed by atoms with Crippen LogP contribution in [0.5, 0.6) is 5.75 Å². The molecule has 1 heterocycles. The molecular formula is C16H13N3O4S. The zero-order chi connectivity index (χ0) is 17.3. The highest BCUT2D eigenvalue weighted by Crippen LogP contribution is 2.32. The van der Waals surface area contributed by atoms with Crippen molar-refractivity contribution in [3.63, 3.8) is 0 Å². The molecule has 3 aromatic rings. The Hall–Kier alpha value is -3.00. The average molecular weight is 343 g/mol. The van der Waals surface area contributed by atoms with Crippen molar-refractivity contribution in [2.24, 2.45) is 0 Å². The summed E-state index contributed by atoms with van der Waals surface area (Å²) in [5, 5.41) is 14.0. The number of aromatic nitrogens is 1. The minimum atomic E-state index is -0.475. The Morgan fingerprint density at radius 3 is 2.79 bits per heavy atom. The fraction of sp³-hybridized carbons (Fsp3) is 0.125. The molecule has 1 aromatic heterocycles. The van der Waals surface area contributed by atoms with Crippen LogP contribution in [0.1, 0.15) is 15.9 Å². The fourth-order valence-electron chi connectivity index (χ4n) is 2.31. The molecule has 2 aromatic carbocycles. The molecule has 0 bridgehead atoms. The lowest BCUT2D eigenvalue weighted by atomic mass is 10.1. The van der Waals surface area contributed by atoms with Crippen LogP contribution >= 0.6 is 11.3 Å². The third-order valence-electron chi connectivity index (χ3n) is 3.48. The van der Waals surface area contributed by atoms with Crippen LogP contribution < -0.4 is 10.1 Å². The van der Waals surface area contributed by atoms with Gasteiger partial charge in [0.2, 0.25) is 0 Å². The van der Waals surface area contributed by atoms with Crippen LogP contribution in [0.3, 0.4) is 0 Å². The van der Waals surface area contributed by atoms with Crippen molar-refractivity contribution >= 4 is 38.3 Å². The molecule has 1 N–H and O–H groups in total. The molecule has 8 heteroatoms. The second-order valence-corrected chi connectivity index (χ2v) is 6.07. The Morgan fingerprint density at radius 1 is 1.33 bits per heavy atom. The Labute approximate surface area is 141 Å². The van der Waals surface area contributed by atoms with Crippen LogP contribution in [0.4, 0.5) is 10.8 Å². The molecule has 0 saturated heterocycles. The monoisotopic (exact) mass is 343 g/mol. The molecule has 0 spiro atoms. The number of carbonyl (C=O) groups excluding carboxylic acids is 1. The van der Waals surface area contributed by atoms with E-state index >= 15 is 0 Å². The number of rotatable bonds is 4. The number of fused-ring (bicyclic) bond motifs is 1. The van der Waals surface area contributed by atoms with Crippen LogP contribution in [0.15, 0.2) is 36.4 Å². The number of nitrogens with one attached hydrogen (secondary N) is 1. The van der Waals surface area contributed by atoms with Crippen molar-refractivity contribution < 1.29 is 14.5 Å². The number of thiazole rings is 1. The van der Waals surface area contributed by atoms with Gasteiger partial charge in [0.15, 0.2) is 5.13 Å². The molecular weight excluding hydrogens is 330 g/mol.